The number of unbranched alkanes of at least 4 members (excludes halogenated alkanes) is 1. The smallest absolute Gasteiger partial charge is 0.144 e. The minimum Gasteiger partial charge on any atom is -0.395 e. The molecule has 1 aliphatic heterocycles. The van der Waals surface area contributed by atoms with Gasteiger partial charge in [-0.3, -0.25) is 4.90 Å². The highest BCUT2D eigenvalue weighted by Gasteiger charge is 2.54. The molecule has 0 unspecified atom stereocenters. The lowest BCUT2D eigenvalue weighted by atomic mass is 10.1. The Kier molecular flexibility index (Phi) is 4.08. The third-order valence-electron chi connectivity index (χ3n) is 3.20. The number of aliphatic hydroxyl groups is 4. The summed E-state index contributed by atoms with van der Waals surface area (Å²) in [5.74, 6) is 0. The average molecular weight is 219 g/mol. The van der Waals surface area contributed by atoms with Gasteiger partial charge in [-0.25, -0.2) is 0 Å². The van der Waals surface area contributed by atoms with Gasteiger partial charge < -0.3 is 20.4 Å². The van der Waals surface area contributed by atoms with E-state index in [4.69, 9.17) is 5.11 Å². The van der Waals surface area contributed by atoms with Crippen molar-refractivity contribution in [3.8, 4) is 0 Å². The van der Waals surface area contributed by atoms with Gasteiger partial charge in [0.25, 0.3) is 0 Å². The lowest BCUT2D eigenvalue weighted by molar-refractivity contribution is -0.141. The van der Waals surface area contributed by atoms with Crippen LogP contribution in [0.15, 0.2) is 0 Å². The Morgan fingerprint density at radius 1 is 1.33 bits per heavy atom. The Bertz CT molecular complexity index is 210. The van der Waals surface area contributed by atoms with E-state index in [-0.39, 0.29) is 6.61 Å². The second kappa shape index (κ2) is 4.76. The normalized spacial score (nSPS) is 42.4. The molecule has 4 N–H and O–H groups in total. The maximum atomic E-state index is 10.0. The summed E-state index contributed by atoms with van der Waals surface area (Å²) < 4.78 is 0. The van der Waals surface area contributed by atoms with E-state index in [9.17, 15) is 15.3 Å². The molecule has 0 bridgehead atoms. The molecule has 90 valence electrons. The van der Waals surface area contributed by atoms with E-state index in [0.29, 0.717) is 6.54 Å². The zero-order valence-corrected chi connectivity index (χ0v) is 9.30. The molecule has 15 heavy (non-hydrogen) atoms. The largest absolute Gasteiger partial charge is 0.395 e. The van der Waals surface area contributed by atoms with Gasteiger partial charge in [-0.1, -0.05) is 13.3 Å². The Balaban J connectivity index is 2.79. The fraction of sp³-hybridized carbons (Fsp3) is 1.00. The Morgan fingerprint density at radius 2 is 1.93 bits per heavy atom. The molecule has 1 rings (SSSR count). The van der Waals surface area contributed by atoms with Gasteiger partial charge in [0.1, 0.15) is 17.9 Å². The summed E-state index contributed by atoms with van der Waals surface area (Å²) >= 11 is 0. The summed E-state index contributed by atoms with van der Waals surface area (Å²) in [6.07, 6.45) is -0.517. The first-order valence-electron chi connectivity index (χ1n) is 5.42. The summed E-state index contributed by atoms with van der Waals surface area (Å²) in [6.45, 7) is 3.78. The molecular weight excluding hydrogens is 198 g/mol. The predicted octanol–water partition coefficient (Wildman–Crippen LogP) is -1.11. The van der Waals surface area contributed by atoms with Crippen LogP contribution in [0.1, 0.15) is 26.7 Å². The summed E-state index contributed by atoms with van der Waals surface area (Å²) in [5.41, 5.74) is -1.46. The van der Waals surface area contributed by atoms with Crippen molar-refractivity contribution in [1.29, 1.82) is 0 Å². The molecule has 1 heterocycles. The van der Waals surface area contributed by atoms with Crippen molar-refractivity contribution >= 4 is 0 Å². The zero-order chi connectivity index (χ0) is 11.6. The van der Waals surface area contributed by atoms with Crippen molar-refractivity contribution < 1.29 is 20.4 Å². The van der Waals surface area contributed by atoms with Gasteiger partial charge in [-0.2, -0.15) is 0 Å². The number of likely N-dealkylation sites (tertiary alicyclic amines) is 1. The minimum atomic E-state index is -1.46. The van der Waals surface area contributed by atoms with Crippen LogP contribution in [-0.2, 0) is 0 Å². The molecule has 0 aromatic rings. The van der Waals surface area contributed by atoms with Crippen LogP contribution in [0, 0.1) is 0 Å². The van der Waals surface area contributed by atoms with Crippen LogP contribution < -0.4 is 0 Å². The monoisotopic (exact) mass is 219 g/mol. The van der Waals surface area contributed by atoms with E-state index in [1.807, 2.05) is 6.92 Å². The summed E-state index contributed by atoms with van der Waals surface area (Å²) in [6, 6.07) is -0.582. The Labute approximate surface area is 90.0 Å². The summed E-state index contributed by atoms with van der Waals surface area (Å²) in [7, 11) is 0. The van der Waals surface area contributed by atoms with Crippen LogP contribution in [0.3, 0.4) is 0 Å². The second-order valence-electron chi connectivity index (χ2n) is 4.33. The van der Waals surface area contributed by atoms with Gasteiger partial charge >= 0.3 is 0 Å². The van der Waals surface area contributed by atoms with E-state index in [1.165, 1.54) is 6.92 Å². The average Bonchev–Trinajstić information content (AvgIpc) is 2.36. The molecule has 0 aliphatic carbocycles. The molecule has 4 atom stereocenters. The minimum absolute atomic E-state index is 0.266. The number of hydrogen-bond acceptors (Lipinski definition) is 5. The zero-order valence-electron chi connectivity index (χ0n) is 9.30. The third-order valence-corrected chi connectivity index (χ3v) is 3.20. The second-order valence-corrected chi connectivity index (χ2v) is 4.33. The molecule has 1 fully saturated rings. The van der Waals surface area contributed by atoms with Gasteiger partial charge in [0.15, 0.2) is 0 Å². The first-order valence-corrected chi connectivity index (χ1v) is 5.42. The van der Waals surface area contributed by atoms with Crippen LogP contribution in [0.5, 0.6) is 0 Å². The highest BCUT2D eigenvalue weighted by molar-refractivity contribution is 5.02. The molecular formula is C10H21NO4. The molecule has 1 aliphatic rings. The lowest BCUT2D eigenvalue weighted by Crippen LogP contribution is -2.50. The number of aliphatic hydroxyl groups excluding tert-OH is 3. The standard InChI is InChI=1S/C10H21NO4/c1-3-4-5-11-7(6-12)8(13)9(14)10(11,2)15/h7-9,12-15H,3-6H2,1-2H3/t7-,8-,9+,10+/m1/s1. The fourth-order valence-electron chi connectivity index (χ4n) is 2.15. The van der Waals surface area contributed by atoms with Crippen LogP contribution in [0.2, 0.25) is 0 Å². The van der Waals surface area contributed by atoms with Crippen molar-refractivity contribution in [2.24, 2.45) is 0 Å². The van der Waals surface area contributed by atoms with E-state index >= 15 is 0 Å². The molecule has 0 saturated carbocycles. The predicted molar refractivity (Wildman–Crippen MR) is 55.1 cm³/mol. The maximum absolute atomic E-state index is 10.0. The van der Waals surface area contributed by atoms with Crippen molar-refractivity contribution in [1.82, 2.24) is 4.90 Å². The van der Waals surface area contributed by atoms with E-state index in [0.717, 1.165) is 12.8 Å². The van der Waals surface area contributed by atoms with Crippen LogP contribution in [0.4, 0.5) is 0 Å². The van der Waals surface area contributed by atoms with Gasteiger partial charge in [0, 0.05) is 6.54 Å². The number of nitrogens with zero attached hydrogens (tertiary/aromatic N) is 1. The summed E-state index contributed by atoms with van der Waals surface area (Å²) in [5, 5.41) is 38.5. The number of hydrogen-bond donors (Lipinski definition) is 4. The SMILES string of the molecule is CCCCN1[C@H](CO)[C@@H](O)[C@H](O)[C@]1(C)O. The van der Waals surface area contributed by atoms with Crippen molar-refractivity contribution in [2.75, 3.05) is 13.2 Å². The van der Waals surface area contributed by atoms with Crippen LogP contribution in [0.25, 0.3) is 0 Å². The highest BCUT2D eigenvalue weighted by atomic mass is 16.4. The molecule has 0 aromatic carbocycles. The molecule has 0 aromatic heterocycles. The Hall–Kier alpha value is -0.200. The van der Waals surface area contributed by atoms with E-state index in [2.05, 4.69) is 0 Å². The van der Waals surface area contributed by atoms with E-state index < -0.39 is 24.0 Å². The lowest BCUT2D eigenvalue weighted by Gasteiger charge is -2.34. The van der Waals surface area contributed by atoms with Crippen molar-refractivity contribution in [3.63, 3.8) is 0 Å². The molecule has 0 radical (unpaired) electrons. The fourth-order valence-corrected chi connectivity index (χ4v) is 2.15. The topological polar surface area (TPSA) is 84.2 Å². The first-order chi connectivity index (χ1) is 6.96. The molecule has 0 amide bonds. The first kappa shape index (κ1) is 12.9. The number of rotatable bonds is 4. The van der Waals surface area contributed by atoms with Crippen molar-refractivity contribution in [3.05, 3.63) is 0 Å². The third kappa shape index (κ3) is 2.16. The maximum Gasteiger partial charge on any atom is 0.144 e. The van der Waals surface area contributed by atoms with E-state index in [1.54, 1.807) is 4.90 Å². The van der Waals surface area contributed by atoms with Crippen LogP contribution in [-0.4, -0.2) is 62.5 Å². The molecule has 5 nitrogen and oxygen atoms in total. The Morgan fingerprint density at radius 3 is 2.40 bits per heavy atom. The van der Waals surface area contributed by atoms with Gasteiger partial charge in [0.2, 0.25) is 0 Å². The van der Waals surface area contributed by atoms with Gasteiger partial charge in [-0.15, -0.1) is 0 Å². The van der Waals surface area contributed by atoms with Crippen molar-refractivity contribution in [2.45, 2.75) is 50.7 Å². The highest BCUT2D eigenvalue weighted by Crippen LogP contribution is 2.32. The summed E-state index contributed by atoms with van der Waals surface area (Å²) in [4.78, 5) is 1.58. The molecule has 1 saturated heterocycles. The molecule has 0 spiro atoms. The quantitative estimate of drug-likeness (QED) is 0.482. The van der Waals surface area contributed by atoms with Crippen LogP contribution >= 0.6 is 0 Å². The molecule has 5 heteroatoms. The van der Waals surface area contributed by atoms with Gasteiger partial charge in [0.05, 0.1) is 12.6 Å². The van der Waals surface area contributed by atoms with Gasteiger partial charge in [-0.05, 0) is 13.3 Å².